The molecule has 11 nitrogen and oxygen atoms in total. The molecule has 0 aromatic rings. The van der Waals surface area contributed by atoms with E-state index in [1.807, 2.05) is 0 Å². The summed E-state index contributed by atoms with van der Waals surface area (Å²) in [5.41, 5.74) is 5.00. The molecule has 0 amide bonds. The highest BCUT2D eigenvalue weighted by Crippen LogP contribution is 1.93. The van der Waals surface area contributed by atoms with E-state index in [1.54, 1.807) is 0 Å². The number of aliphatic hydroxyl groups is 2. The molecule has 2 unspecified atom stereocenters. The molecule has 0 rings (SSSR count). The van der Waals surface area contributed by atoms with Gasteiger partial charge in [-0.15, -0.1) is 0 Å². The number of aliphatic hydroxyl groups excluding tert-OH is 2. The molecule has 0 aromatic heterocycles. The fourth-order valence-electron chi connectivity index (χ4n) is 0.673. The van der Waals surface area contributed by atoms with Crippen LogP contribution in [0.1, 0.15) is 12.8 Å². The molecule has 11 heteroatoms. The van der Waals surface area contributed by atoms with Crippen molar-refractivity contribution >= 4 is 23.9 Å². The molecule has 20 heavy (non-hydrogen) atoms. The Morgan fingerprint density at radius 2 is 1.15 bits per heavy atom. The van der Waals surface area contributed by atoms with Crippen LogP contribution in [-0.4, -0.2) is 72.8 Å². The van der Waals surface area contributed by atoms with Crippen LogP contribution >= 0.6 is 0 Å². The quantitative estimate of drug-likeness (QED) is 0.253. The van der Waals surface area contributed by atoms with Gasteiger partial charge >= 0.3 is 23.9 Å². The third kappa shape index (κ3) is 9.76. The van der Waals surface area contributed by atoms with E-state index in [2.05, 4.69) is 0 Å². The van der Waals surface area contributed by atoms with E-state index in [9.17, 15) is 19.2 Å². The maximum atomic E-state index is 9.99. The monoisotopic (exact) mass is 297 g/mol. The summed E-state index contributed by atoms with van der Waals surface area (Å²) in [6.07, 6.45) is -4.76. The molecule has 0 aliphatic rings. The van der Waals surface area contributed by atoms with Crippen molar-refractivity contribution in [2.24, 2.45) is 5.73 Å². The minimum atomic E-state index is -2.27. The molecule has 116 valence electrons. The second-order valence-electron chi connectivity index (χ2n) is 3.44. The molecule has 0 saturated carbocycles. The standard InChI is InChI=1S/C5H9NO4.C4H6O6/c6-3(5(9)10)1-2-4(7)8;5-1(3(7)8)2(6)4(9)10/h3H,1-2,6H2,(H,7,8)(H,9,10);1-2,5-6H,(H,7,8)(H,9,10)/t3-;/m0./s1. The first-order valence-corrected chi connectivity index (χ1v) is 5.02. The largest absolute Gasteiger partial charge is 0.481 e. The van der Waals surface area contributed by atoms with Gasteiger partial charge in [0.05, 0.1) is 0 Å². The third-order valence-electron chi connectivity index (χ3n) is 1.79. The molecular weight excluding hydrogens is 282 g/mol. The van der Waals surface area contributed by atoms with Crippen LogP contribution in [0.15, 0.2) is 0 Å². The van der Waals surface area contributed by atoms with Crippen molar-refractivity contribution in [3.63, 3.8) is 0 Å². The van der Waals surface area contributed by atoms with Gasteiger partial charge in [-0.2, -0.15) is 0 Å². The van der Waals surface area contributed by atoms with Crippen molar-refractivity contribution in [2.45, 2.75) is 31.1 Å². The normalized spacial score (nSPS) is 14.2. The van der Waals surface area contributed by atoms with Crippen LogP contribution in [0.5, 0.6) is 0 Å². The van der Waals surface area contributed by atoms with E-state index in [-0.39, 0.29) is 12.8 Å². The van der Waals surface area contributed by atoms with Gasteiger partial charge in [0.15, 0.2) is 12.2 Å². The van der Waals surface area contributed by atoms with Gasteiger partial charge in [-0.1, -0.05) is 0 Å². The number of hydrogen-bond acceptors (Lipinski definition) is 7. The topological polar surface area (TPSA) is 216 Å². The van der Waals surface area contributed by atoms with E-state index < -0.39 is 42.1 Å². The third-order valence-corrected chi connectivity index (χ3v) is 1.79. The van der Waals surface area contributed by atoms with Gasteiger partial charge in [-0.3, -0.25) is 9.59 Å². The van der Waals surface area contributed by atoms with Crippen LogP contribution in [0.3, 0.4) is 0 Å². The molecule has 0 aliphatic carbocycles. The van der Waals surface area contributed by atoms with Crippen molar-refractivity contribution in [1.82, 2.24) is 0 Å². The molecule has 0 aliphatic heterocycles. The molecule has 0 spiro atoms. The number of carboxylic acid groups (broad SMARTS) is 4. The SMILES string of the molecule is N[C@@H](CCC(=O)O)C(=O)O.O=C(O)C(O)C(O)C(=O)O. The lowest BCUT2D eigenvalue weighted by Gasteiger charge is -2.07. The number of carbonyl (C=O) groups is 4. The Morgan fingerprint density at radius 3 is 1.35 bits per heavy atom. The summed E-state index contributed by atoms with van der Waals surface area (Å²) in [6, 6.07) is -1.06. The fourth-order valence-corrected chi connectivity index (χ4v) is 0.673. The molecule has 0 bridgehead atoms. The van der Waals surface area contributed by atoms with Gasteiger partial charge in [-0.05, 0) is 6.42 Å². The Kier molecular flexibility index (Phi) is 9.70. The van der Waals surface area contributed by atoms with E-state index >= 15 is 0 Å². The van der Waals surface area contributed by atoms with Gasteiger partial charge in [0.1, 0.15) is 6.04 Å². The Morgan fingerprint density at radius 1 is 0.800 bits per heavy atom. The first-order chi connectivity index (χ1) is 9.00. The maximum absolute atomic E-state index is 9.99. The Balaban J connectivity index is 0. The van der Waals surface area contributed by atoms with Crippen molar-refractivity contribution in [1.29, 1.82) is 0 Å². The van der Waals surface area contributed by atoms with Crippen LogP contribution in [-0.2, 0) is 19.2 Å². The summed E-state index contributed by atoms with van der Waals surface area (Å²) < 4.78 is 0. The maximum Gasteiger partial charge on any atom is 0.335 e. The van der Waals surface area contributed by atoms with Crippen LogP contribution in [0.4, 0.5) is 0 Å². The average molecular weight is 297 g/mol. The molecule has 8 N–H and O–H groups in total. The molecule has 0 heterocycles. The number of carboxylic acids is 4. The van der Waals surface area contributed by atoms with Crippen LogP contribution < -0.4 is 5.73 Å². The number of nitrogens with two attached hydrogens (primary N) is 1. The van der Waals surface area contributed by atoms with Crippen LogP contribution in [0.25, 0.3) is 0 Å². The van der Waals surface area contributed by atoms with Crippen molar-refractivity contribution < 1.29 is 49.8 Å². The highest BCUT2D eigenvalue weighted by atomic mass is 16.4. The highest BCUT2D eigenvalue weighted by Gasteiger charge is 2.29. The molecule has 3 atom stereocenters. The zero-order valence-electron chi connectivity index (χ0n) is 10.0. The summed E-state index contributed by atoms with van der Waals surface area (Å²) in [7, 11) is 0. The van der Waals surface area contributed by atoms with E-state index in [0.717, 1.165) is 0 Å². The molecule has 0 aromatic carbocycles. The molecule has 0 fully saturated rings. The van der Waals surface area contributed by atoms with Gasteiger partial charge in [0.2, 0.25) is 0 Å². The lowest BCUT2D eigenvalue weighted by molar-refractivity contribution is -0.165. The summed E-state index contributed by atoms with van der Waals surface area (Å²) in [5.74, 6) is -5.73. The first-order valence-electron chi connectivity index (χ1n) is 5.02. The Bertz CT molecular complexity index is 350. The smallest absolute Gasteiger partial charge is 0.335 e. The summed E-state index contributed by atoms with van der Waals surface area (Å²) in [6.45, 7) is 0. The van der Waals surface area contributed by atoms with E-state index in [0.29, 0.717) is 0 Å². The second-order valence-corrected chi connectivity index (χ2v) is 3.44. The average Bonchev–Trinajstić information content (AvgIpc) is 2.34. The van der Waals surface area contributed by atoms with Crippen LogP contribution in [0.2, 0.25) is 0 Å². The molecule has 0 radical (unpaired) electrons. The predicted octanol–water partition coefficient (Wildman–Crippen LogP) is -2.86. The Labute approximate surface area is 111 Å². The first kappa shape index (κ1) is 20.1. The lowest BCUT2D eigenvalue weighted by atomic mass is 10.2. The van der Waals surface area contributed by atoms with Crippen molar-refractivity contribution in [3.8, 4) is 0 Å². The van der Waals surface area contributed by atoms with E-state index in [4.69, 9.17) is 36.4 Å². The highest BCUT2D eigenvalue weighted by molar-refractivity contribution is 5.83. The van der Waals surface area contributed by atoms with Crippen molar-refractivity contribution in [2.75, 3.05) is 0 Å². The minimum Gasteiger partial charge on any atom is -0.481 e. The fraction of sp³-hybridized carbons (Fsp3) is 0.556. The summed E-state index contributed by atoms with van der Waals surface area (Å²) >= 11 is 0. The zero-order valence-corrected chi connectivity index (χ0v) is 10.0. The number of rotatable bonds is 7. The van der Waals surface area contributed by atoms with Crippen molar-refractivity contribution in [3.05, 3.63) is 0 Å². The second kappa shape index (κ2) is 9.66. The number of hydrogen-bond donors (Lipinski definition) is 7. The Hall–Kier alpha value is -2.24. The molecular formula is C9H15NO10. The van der Waals surface area contributed by atoms with Gasteiger partial charge < -0.3 is 36.4 Å². The van der Waals surface area contributed by atoms with Crippen LogP contribution in [0, 0.1) is 0 Å². The minimum absolute atomic E-state index is 0.0231. The summed E-state index contributed by atoms with van der Waals surface area (Å²) in [4.78, 5) is 39.4. The zero-order chi connectivity index (χ0) is 16.5. The molecule has 0 saturated heterocycles. The summed E-state index contributed by atoms with van der Waals surface area (Å²) in [5, 5.41) is 48.8. The lowest BCUT2D eigenvalue weighted by Crippen LogP contribution is -2.39. The number of aliphatic carboxylic acids is 4. The van der Waals surface area contributed by atoms with Gasteiger partial charge in [0.25, 0.3) is 0 Å². The van der Waals surface area contributed by atoms with Gasteiger partial charge in [-0.25, -0.2) is 9.59 Å². The van der Waals surface area contributed by atoms with E-state index in [1.165, 1.54) is 0 Å². The predicted molar refractivity (Wildman–Crippen MR) is 59.8 cm³/mol. The van der Waals surface area contributed by atoms with Gasteiger partial charge in [0, 0.05) is 6.42 Å².